The molecule has 1 aromatic rings. The van der Waals surface area contributed by atoms with Crippen LogP contribution < -0.4 is 4.74 Å². The lowest BCUT2D eigenvalue weighted by molar-refractivity contribution is 0.196. The van der Waals surface area contributed by atoms with Crippen LogP contribution in [0.5, 0.6) is 5.75 Å². The van der Waals surface area contributed by atoms with E-state index in [0.29, 0.717) is 0 Å². The Morgan fingerprint density at radius 1 is 1.20 bits per heavy atom. The summed E-state index contributed by atoms with van der Waals surface area (Å²) in [6, 6.07) is 8.12. The summed E-state index contributed by atoms with van der Waals surface area (Å²) < 4.78 is 5.14. The second-order valence-corrected chi connectivity index (χ2v) is 4.37. The molecule has 1 aliphatic rings. The molecule has 1 aliphatic carbocycles. The first-order valence-corrected chi connectivity index (χ1v) is 5.56. The molecule has 0 saturated heterocycles. The molecule has 1 aromatic carbocycles. The normalized spacial score (nSPS) is 19.1. The molecule has 82 valence electrons. The van der Waals surface area contributed by atoms with E-state index in [4.69, 9.17) is 4.74 Å². The quantitative estimate of drug-likeness (QED) is 0.823. The van der Waals surface area contributed by atoms with Crippen LogP contribution in [0.15, 0.2) is 24.3 Å². The lowest BCUT2D eigenvalue weighted by Gasteiger charge is -2.27. The third-order valence-corrected chi connectivity index (χ3v) is 3.57. The van der Waals surface area contributed by atoms with Gasteiger partial charge in [-0.1, -0.05) is 25.0 Å². The van der Waals surface area contributed by atoms with Crippen molar-refractivity contribution >= 4 is 0 Å². The van der Waals surface area contributed by atoms with Crippen LogP contribution in [0.4, 0.5) is 0 Å². The van der Waals surface area contributed by atoms with Gasteiger partial charge in [0.2, 0.25) is 0 Å². The van der Waals surface area contributed by atoms with Crippen LogP contribution in [0.2, 0.25) is 0 Å². The van der Waals surface area contributed by atoms with Crippen molar-refractivity contribution in [2.24, 2.45) is 0 Å². The molecule has 0 aromatic heterocycles. The van der Waals surface area contributed by atoms with Crippen LogP contribution in [0, 0.1) is 0 Å². The summed E-state index contributed by atoms with van der Waals surface area (Å²) in [7, 11) is 1.67. The van der Waals surface area contributed by atoms with Crippen molar-refractivity contribution in [2.75, 3.05) is 13.7 Å². The van der Waals surface area contributed by atoms with Gasteiger partial charge >= 0.3 is 0 Å². The zero-order chi connectivity index (χ0) is 10.7. The number of aliphatic hydroxyl groups excluding tert-OH is 1. The summed E-state index contributed by atoms with van der Waals surface area (Å²) in [4.78, 5) is 0. The van der Waals surface area contributed by atoms with Gasteiger partial charge in [-0.3, -0.25) is 0 Å². The molecule has 0 heterocycles. The maximum absolute atomic E-state index is 9.57. The molecule has 0 spiro atoms. The van der Waals surface area contributed by atoms with E-state index in [-0.39, 0.29) is 12.0 Å². The molecule has 2 rings (SSSR count). The Hall–Kier alpha value is -1.02. The summed E-state index contributed by atoms with van der Waals surface area (Å²) in [5, 5.41) is 9.57. The Kier molecular flexibility index (Phi) is 2.96. The number of aliphatic hydroxyl groups is 1. The summed E-state index contributed by atoms with van der Waals surface area (Å²) in [5.74, 6) is 0.879. The largest absolute Gasteiger partial charge is 0.497 e. The van der Waals surface area contributed by atoms with Crippen LogP contribution in [-0.2, 0) is 5.41 Å². The fraction of sp³-hybridized carbons (Fsp3) is 0.538. The fourth-order valence-electron chi connectivity index (χ4n) is 2.53. The van der Waals surface area contributed by atoms with Crippen LogP contribution >= 0.6 is 0 Å². The molecule has 0 unspecified atom stereocenters. The number of methoxy groups -OCH3 is 1. The second-order valence-electron chi connectivity index (χ2n) is 4.37. The highest BCUT2D eigenvalue weighted by Gasteiger charge is 2.34. The zero-order valence-electron chi connectivity index (χ0n) is 9.20. The Balaban J connectivity index is 2.26. The van der Waals surface area contributed by atoms with Crippen LogP contribution in [-0.4, -0.2) is 18.8 Å². The van der Waals surface area contributed by atoms with Crippen molar-refractivity contribution < 1.29 is 9.84 Å². The molecule has 1 fully saturated rings. The molecule has 0 bridgehead atoms. The number of benzene rings is 1. The van der Waals surface area contributed by atoms with Crippen molar-refractivity contribution in [3.05, 3.63) is 29.8 Å². The molecule has 2 nitrogen and oxygen atoms in total. The van der Waals surface area contributed by atoms with Gasteiger partial charge in [-0.2, -0.15) is 0 Å². The number of rotatable bonds is 3. The first-order valence-electron chi connectivity index (χ1n) is 5.56. The van der Waals surface area contributed by atoms with Crippen LogP contribution in [0.1, 0.15) is 31.2 Å². The molecule has 15 heavy (non-hydrogen) atoms. The highest BCUT2D eigenvalue weighted by Crippen LogP contribution is 2.40. The Morgan fingerprint density at radius 3 is 2.27 bits per heavy atom. The van der Waals surface area contributed by atoms with E-state index in [9.17, 15) is 5.11 Å². The summed E-state index contributed by atoms with van der Waals surface area (Å²) in [5.41, 5.74) is 1.27. The van der Waals surface area contributed by atoms with Crippen molar-refractivity contribution in [1.82, 2.24) is 0 Å². The minimum atomic E-state index is 0.0201. The van der Waals surface area contributed by atoms with E-state index >= 15 is 0 Å². The maximum atomic E-state index is 9.57. The van der Waals surface area contributed by atoms with E-state index in [1.165, 1.54) is 18.4 Å². The third kappa shape index (κ3) is 1.86. The van der Waals surface area contributed by atoms with Crippen LogP contribution in [0.25, 0.3) is 0 Å². The van der Waals surface area contributed by atoms with Gasteiger partial charge in [-0.25, -0.2) is 0 Å². The van der Waals surface area contributed by atoms with E-state index in [1.807, 2.05) is 12.1 Å². The van der Waals surface area contributed by atoms with E-state index in [2.05, 4.69) is 12.1 Å². The molecule has 0 atom stereocenters. The minimum Gasteiger partial charge on any atom is -0.497 e. The number of hydrogen-bond donors (Lipinski definition) is 1. The zero-order valence-corrected chi connectivity index (χ0v) is 9.20. The smallest absolute Gasteiger partial charge is 0.118 e. The van der Waals surface area contributed by atoms with E-state index in [1.54, 1.807) is 7.11 Å². The number of hydrogen-bond acceptors (Lipinski definition) is 2. The highest BCUT2D eigenvalue weighted by atomic mass is 16.5. The fourth-order valence-corrected chi connectivity index (χ4v) is 2.53. The standard InChI is InChI=1S/C13H18O2/c1-15-12-6-4-11(5-7-12)13(10-14)8-2-3-9-13/h4-7,14H,2-3,8-10H2,1H3. The van der Waals surface area contributed by atoms with E-state index in [0.717, 1.165) is 18.6 Å². The first kappa shape index (κ1) is 10.5. The van der Waals surface area contributed by atoms with Gasteiger partial charge < -0.3 is 9.84 Å². The summed E-state index contributed by atoms with van der Waals surface area (Å²) >= 11 is 0. The highest BCUT2D eigenvalue weighted by molar-refractivity contribution is 5.33. The lowest BCUT2D eigenvalue weighted by atomic mass is 9.80. The molecule has 2 heteroatoms. The lowest BCUT2D eigenvalue weighted by Crippen LogP contribution is -2.26. The second kappa shape index (κ2) is 4.23. The molecular weight excluding hydrogens is 188 g/mol. The molecule has 1 N–H and O–H groups in total. The monoisotopic (exact) mass is 206 g/mol. The average molecular weight is 206 g/mol. The first-order chi connectivity index (χ1) is 7.30. The van der Waals surface area contributed by atoms with Crippen molar-refractivity contribution in [2.45, 2.75) is 31.1 Å². The van der Waals surface area contributed by atoms with Gasteiger partial charge in [0.15, 0.2) is 0 Å². The van der Waals surface area contributed by atoms with Gasteiger partial charge in [0.1, 0.15) is 5.75 Å². The predicted molar refractivity (Wildman–Crippen MR) is 60.2 cm³/mol. The topological polar surface area (TPSA) is 29.5 Å². The molecule has 1 saturated carbocycles. The third-order valence-electron chi connectivity index (χ3n) is 3.57. The van der Waals surface area contributed by atoms with Gasteiger partial charge in [0.25, 0.3) is 0 Å². The van der Waals surface area contributed by atoms with E-state index < -0.39 is 0 Å². The molecule has 0 radical (unpaired) electrons. The van der Waals surface area contributed by atoms with Gasteiger partial charge in [0.05, 0.1) is 13.7 Å². The predicted octanol–water partition coefficient (Wildman–Crippen LogP) is 2.50. The summed E-state index contributed by atoms with van der Waals surface area (Å²) in [6.07, 6.45) is 4.67. The van der Waals surface area contributed by atoms with Crippen LogP contribution in [0.3, 0.4) is 0 Å². The maximum Gasteiger partial charge on any atom is 0.118 e. The van der Waals surface area contributed by atoms with Gasteiger partial charge in [-0.05, 0) is 30.5 Å². The minimum absolute atomic E-state index is 0.0201. The number of ether oxygens (including phenoxy) is 1. The van der Waals surface area contributed by atoms with Gasteiger partial charge in [-0.15, -0.1) is 0 Å². The van der Waals surface area contributed by atoms with Crippen molar-refractivity contribution in [3.8, 4) is 5.75 Å². The van der Waals surface area contributed by atoms with Crippen molar-refractivity contribution in [1.29, 1.82) is 0 Å². The Bertz CT molecular complexity index is 310. The average Bonchev–Trinajstić information content (AvgIpc) is 2.79. The molecule has 0 amide bonds. The van der Waals surface area contributed by atoms with Crippen molar-refractivity contribution in [3.63, 3.8) is 0 Å². The van der Waals surface area contributed by atoms with Gasteiger partial charge in [0, 0.05) is 5.41 Å². The Morgan fingerprint density at radius 2 is 1.80 bits per heavy atom. The summed E-state index contributed by atoms with van der Waals surface area (Å²) in [6.45, 7) is 0.263. The molecule has 0 aliphatic heterocycles. The SMILES string of the molecule is COc1ccc(C2(CO)CCCC2)cc1. The Labute approximate surface area is 90.9 Å². The molecular formula is C13H18O2.